The van der Waals surface area contributed by atoms with Gasteiger partial charge in [-0.15, -0.1) is 0 Å². The van der Waals surface area contributed by atoms with Gasteiger partial charge in [-0.2, -0.15) is 0 Å². The number of hydrogen-bond donors (Lipinski definition) is 1. The van der Waals surface area contributed by atoms with Crippen molar-refractivity contribution in [1.29, 1.82) is 0 Å². The van der Waals surface area contributed by atoms with Crippen LogP contribution in [0.15, 0.2) is 22.6 Å². The molecule has 1 saturated heterocycles. The lowest BCUT2D eigenvalue weighted by Crippen LogP contribution is -2.12. The molecule has 1 N–H and O–H groups in total. The molecule has 0 aliphatic carbocycles. The largest absolute Gasteiger partial charge is 0.439 e. The van der Waals surface area contributed by atoms with Gasteiger partial charge in [-0.1, -0.05) is 0 Å². The molecule has 1 atom stereocenters. The van der Waals surface area contributed by atoms with E-state index in [0.29, 0.717) is 11.5 Å². The van der Waals surface area contributed by atoms with Crippen LogP contribution in [-0.2, 0) is 0 Å². The van der Waals surface area contributed by atoms with E-state index >= 15 is 0 Å². The van der Waals surface area contributed by atoms with Crippen molar-refractivity contribution in [2.45, 2.75) is 18.9 Å². The molecule has 78 valence electrons. The summed E-state index contributed by atoms with van der Waals surface area (Å²) < 4.78 is 18.4. The lowest BCUT2D eigenvalue weighted by molar-refractivity contribution is 0.451. The fourth-order valence-electron chi connectivity index (χ4n) is 1.96. The Morgan fingerprint density at radius 3 is 3.20 bits per heavy atom. The van der Waals surface area contributed by atoms with E-state index in [2.05, 4.69) is 10.3 Å². The summed E-state index contributed by atoms with van der Waals surface area (Å²) in [5.74, 6) is 0.387. The summed E-state index contributed by atoms with van der Waals surface area (Å²) >= 11 is 0. The molecule has 0 bridgehead atoms. The number of oxazole rings is 1. The lowest BCUT2D eigenvalue weighted by Gasteiger charge is -2.02. The molecule has 3 nitrogen and oxygen atoms in total. The quantitative estimate of drug-likeness (QED) is 0.778. The average molecular weight is 206 g/mol. The van der Waals surface area contributed by atoms with Gasteiger partial charge in [0.15, 0.2) is 5.58 Å². The summed E-state index contributed by atoms with van der Waals surface area (Å²) in [6.45, 7) is 0.998. The molecule has 1 aromatic heterocycles. The Bertz CT molecular complexity index is 488. The fourth-order valence-corrected chi connectivity index (χ4v) is 1.96. The second kappa shape index (κ2) is 3.31. The molecule has 1 aliphatic heterocycles. The summed E-state index contributed by atoms with van der Waals surface area (Å²) in [7, 11) is 0. The summed E-state index contributed by atoms with van der Waals surface area (Å²) in [4.78, 5) is 4.34. The second-order valence-corrected chi connectivity index (χ2v) is 3.81. The molecule has 1 fully saturated rings. The molecule has 1 aliphatic rings. The predicted molar refractivity (Wildman–Crippen MR) is 53.9 cm³/mol. The molecular weight excluding hydrogens is 195 g/mol. The number of fused-ring (bicyclic) bond motifs is 1. The van der Waals surface area contributed by atoms with Crippen LogP contribution in [0.5, 0.6) is 0 Å². The van der Waals surface area contributed by atoms with Gasteiger partial charge in [-0.25, -0.2) is 9.37 Å². The van der Waals surface area contributed by atoms with Crippen molar-refractivity contribution in [3.8, 4) is 0 Å². The highest BCUT2D eigenvalue weighted by Crippen LogP contribution is 2.26. The molecule has 15 heavy (non-hydrogen) atoms. The fraction of sp³-hybridized carbons (Fsp3) is 0.364. The number of rotatable bonds is 1. The van der Waals surface area contributed by atoms with Crippen molar-refractivity contribution in [3.63, 3.8) is 0 Å². The monoisotopic (exact) mass is 206 g/mol. The summed E-state index contributed by atoms with van der Waals surface area (Å²) in [5, 5.41) is 3.30. The molecule has 2 heterocycles. The zero-order chi connectivity index (χ0) is 10.3. The van der Waals surface area contributed by atoms with E-state index in [4.69, 9.17) is 4.42 Å². The molecule has 0 saturated carbocycles. The molecule has 1 unspecified atom stereocenters. The van der Waals surface area contributed by atoms with E-state index in [1.807, 2.05) is 0 Å². The van der Waals surface area contributed by atoms with Gasteiger partial charge in [-0.3, -0.25) is 0 Å². The normalized spacial score (nSPS) is 21.3. The highest BCUT2D eigenvalue weighted by atomic mass is 19.1. The minimum absolute atomic E-state index is 0.195. The standard InChI is InChI=1S/C11H11FN2O/c12-7-3-4-8-10(6-7)15-11(14-8)9-2-1-5-13-9/h3-4,6,9,13H,1-2,5H2. The first-order chi connectivity index (χ1) is 7.33. The molecule has 4 heteroatoms. The first-order valence-corrected chi connectivity index (χ1v) is 5.12. The third-order valence-electron chi connectivity index (χ3n) is 2.73. The van der Waals surface area contributed by atoms with Gasteiger partial charge in [0.05, 0.1) is 6.04 Å². The van der Waals surface area contributed by atoms with E-state index in [1.54, 1.807) is 6.07 Å². The first kappa shape index (κ1) is 8.85. The SMILES string of the molecule is Fc1ccc2nc(C3CCCN3)oc2c1. The smallest absolute Gasteiger partial charge is 0.212 e. The Morgan fingerprint density at radius 1 is 1.47 bits per heavy atom. The van der Waals surface area contributed by atoms with Crippen LogP contribution in [0, 0.1) is 5.82 Å². The number of halogens is 1. The molecule has 2 aromatic rings. The van der Waals surface area contributed by atoms with Crippen LogP contribution in [0.25, 0.3) is 11.1 Å². The molecule has 0 radical (unpaired) electrons. The van der Waals surface area contributed by atoms with Crippen LogP contribution in [0.4, 0.5) is 4.39 Å². The number of hydrogen-bond acceptors (Lipinski definition) is 3. The minimum Gasteiger partial charge on any atom is -0.439 e. The van der Waals surface area contributed by atoms with Crippen molar-refractivity contribution in [1.82, 2.24) is 10.3 Å². The third-order valence-corrected chi connectivity index (χ3v) is 2.73. The highest BCUT2D eigenvalue weighted by Gasteiger charge is 2.21. The van der Waals surface area contributed by atoms with Crippen molar-refractivity contribution < 1.29 is 8.81 Å². The number of nitrogens with one attached hydrogen (secondary N) is 1. The Hall–Kier alpha value is -1.42. The summed E-state index contributed by atoms with van der Waals surface area (Å²) in [6.07, 6.45) is 2.17. The van der Waals surface area contributed by atoms with Gasteiger partial charge in [-0.05, 0) is 31.5 Å². The van der Waals surface area contributed by atoms with Gasteiger partial charge in [0.2, 0.25) is 5.89 Å². The maximum Gasteiger partial charge on any atom is 0.212 e. The van der Waals surface area contributed by atoms with Crippen LogP contribution >= 0.6 is 0 Å². The number of benzene rings is 1. The van der Waals surface area contributed by atoms with Gasteiger partial charge in [0.25, 0.3) is 0 Å². The molecular formula is C11H11FN2O. The van der Waals surface area contributed by atoms with Gasteiger partial charge >= 0.3 is 0 Å². The van der Waals surface area contributed by atoms with Gasteiger partial charge < -0.3 is 9.73 Å². The lowest BCUT2D eigenvalue weighted by atomic mass is 10.2. The summed E-state index contributed by atoms with van der Waals surface area (Å²) in [6, 6.07) is 4.62. The van der Waals surface area contributed by atoms with Gasteiger partial charge in [0, 0.05) is 6.07 Å². The number of aromatic nitrogens is 1. The van der Waals surface area contributed by atoms with E-state index < -0.39 is 0 Å². The molecule has 0 spiro atoms. The van der Waals surface area contributed by atoms with E-state index in [1.165, 1.54) is 12.1 Å². The van der Waals surface area contributed by atoms with Crippen LogP contribution in [-0.4, -0.2) is 11.5 Å². The van der Waals surface area contributed by atoms with Crippen molar-refractivity contribution in [3.05, 3.63) is 29.9 Å². The Labute approximate surface area is 86.3 Å². The first-order valence-electron chi connectivity index (χ1n) is 5.12. The van der Waals surface area contributed by atoms with Crippen molar-refractivity contribution >= 4 is 11.1 Å². The number of nitrogens with zero attached hydrogens (tertiary/aromatic N) is 1. The van der Waals surface area contributed by atoms with Crippen molar-refractivity contribution in [2.24, 2.45) is 0 Å². The summed E-state index contributed by atoms with van der Waals surface area (Å²) in [5.41, 5.74) is 1.25. The van der Waals surface area contributed by atoms with Crippen LogP contribution in [0.1, 0.15) is 24.8 Å². The van der Waals surface area contributed by atoms with E-state index in [0.717, 1.165) is 24.9 Å². The third kappa shape index (κ3) is 1.51. The Kier molecular flexibility index (Phi) is 1.95. The molecule has 0 amide bonds. The van der Waals surface area contributed by atoms with Crippen LogP contribution in [0.3, 0.4) is 0 Å². The minimum atomic E-state index is -0.287. The maximum absolute atomic E-state index is 12.9. The van der Waals surface area contributed by atoms with E-state index in [9.17, 15) is 4.39 Å². The van der Waals surface area contributed by atoms with Crippen LogP contribution < -0.4 is 5.32 Å². The zero-order valence-electron chi connectivity index (χ0n) is 8.16. The van der Waals surface area contributed by atoms with E-state index in [-0.39, 0.29) is 11.9 Å². The van der Waals surface area contributed by atoms with Gasteiger partial charge in [0.1, 0.15) is 11.3 Å². The predicted octanol–water partition coefficient (Wildman–Crippen LogP) is 2.39. The zero-order valence-corrected chi connectivity index (χ0v) is 8.16. The average Bonchev–Trinajstić information content (AvgIpc) is 2.84. The topological polar surface area (TPSA) is 38.1 Å². The molecule has 3 rings (SSSR count). The molecule has 1 aromatic carbocycles. The maximum atomic E-state index is 12.9. The van der Waals surface area contributed by atoms with Crippen LogP contribution in [0.2, 0.25) is 0 Å². The Balaban J connectivity index is 2.05. The second-order valence-electron chi connectivity index (χ2n) is 3.81. The van der Waals surface area contributed by atoms with Crippen molar-refractivity contribution in [2.75, 3.05) is 6.54 Å². The highest BCUT2D eigenvalue weighted by molar-refractivity contribution is 5.72. The Morgan fingerprint density at radius 2 is 2.40 bits per heavy atom.